The molecular weight excluding hydrogens is 237 g/mol. The van der Waals surface area contributed by atoms with Crippen LogP contribution < -0.4 is 21.2 Å². The van der Waals surface area contributed by atoms with Crippen molar-refractivity contribution in [1.82, 2.24) is 4.98 Å². The van der Waals surface area contributed by atoms with Gasteiger partial charge in [0, 0.05) is 0 Å². The normalized spacial score (nSPS) is 10.2. The molecule has 0 aliphatic carbocycles. The van der Waals surface area contributed by atoms with E-state index in [2.05, 4.69) is 24.9 Å². The first kappa shape index (κ1) is 7.98. The number of halogens is 1. The van der Waals surface area contributed by atoms with Gasteiger partial charge in [0.05, 0.1) is 0 Å². The van der Waals surface area contributed by atoms with Crippen molar-refractivity contribution in [1.29, 1.82) is 0 Å². The summed E-state index contributed by atoms with van der Waals surface area (Å²) < 4.78 is 2.61. The molecule has 0 aliphatic rings. The van der Waals surface area contributed by atoms with E-state index in [1.807, 2.05) is 12.3 Å². The molecule has 0 saturated heterocycles. The predicted octanol–water partition coefficient (Wildman–Crippen LogP) is -1.33. The van der Waals surface area contributed by atoms with Gasteiger partial charge in [-0.15, -0.1) is 0 Å². The summed E-state index contributed by atoms with van der Waals surface area (Å²) in [6, 6.07) is 4.24. The molecule has 0 atom stereocenters. The van der Waals surface area contributed by atoms with Gasteiger partial charge in [-0.05, 0) is 0 Å². The molecule has 0 unspecified atom stereocenters. The van der Waals surface area contributed by atoms with Crippen LogP contribution in [0.25, 0.3) is 0 Å². The van der Waals surface area contributed by atoms with E-state index in [4.69, 9.17) is 0 Å². The molecule has 1 aromatic rings. The number of aromatic nitrogens is 1. The van der Waals surface area contributed by atoms with Crippen molar-refractivity contribution in [2.75, 3.05) is 4.43 Å². The number of pyridine rings is 1. The van der Waals surface area contributed by atoms with Crippen molar-refractivity contribution < 1.29 is 21.2 Å². The summed E-state index contributed by atoms with van der Waals surface area (Å²) in [5.74, 6) is 0. The minimum atomic E-state index is 0.202. The Labute approximate surface area is 72.1 Å². The summed E-state index contributed by atoms with van der Waals surface area (Å²) >= 11 is 0.202. The van der Waals surface area contributed by atoms with Gasteiger partial charge in [0.15, 0.2) is 0 Å². The molecule has 1 heterocycles. The second-order valence-corrected chi connectivity index (χ2v) is 5.45. The van der Waals surface area contributed by atoms with Crippen LogP contribution in [0.5, 0.6) is 0 Å². The van der Waals surface area contributed by atoms with Gasteiger partial charge < -0.3 is 0 Å². The molecular formula is C8H11IN-. The Balaban J connectivity index is 2.75. The van der Waals surface area contributed by atoms with Gasteiger partial charge in [0.25, 0.3) is 0 Å². The summed E-state index contributed by atoms with van der Waals surface area (Å²) in [5.41, 5.74) is 1.33. The van der Waals surface area contributed by atoms with E-state index in [1.165, 1.54) is 13.7 Å². The topological polar surface area (TPSA) is 12.9 Å². The number of aryl methyl sites for hydroxylation is 1. The summed E-state index contributed by atoms with van der Waals surface area (Å²) in [5, 5.41) is 0. The van der Waals surface area contributed by atoms with E-state index in [9.17, 15) is 0 Å². The average molecular weight is 248 g/mol. The third kappa shape index (κ3) is 2.25. The first-order valence-electron chi connectivity index (χ1n) is 3.34. The molecule has 0 N–H and O–H groups in total. The first-order valence-corrected chi connectivity index (χ1v) is 5.95. The van der Waals surface area contributed by atoms with Gasteiger partial charge >= 0.3 is 72.1 Å². The van der Waals surface area contributed by atoms with Crippen molar-refractivity contribution in [3.63, 3.8) is 0 Å². The van der Waals surface area contributed by atoms with Crippen LogP contribution in [0.4, 0.5) is 0 Å². The van der Waals surface area contributed by atoms with E-state index in [-0.39, 0.29) is 21.2 Å². The molecule has 0 amide bonds. The Morgan fingerprint density at radius 2 is 2.40 bits per heavy atom. The zero-order chi connectivity index (χ0) is 7.40. The number of hydrogen-bond acceptors (Lipinski definition) is 1. The van der Waals surface area contributed by atoms with Crippen LogP contribution in [-0.4, -0.2) is 9.41 Å². The molecule has 1 aromatic heterocycles. The standard InChI is InChI=1S/C8H11IN/c1-3-9-8-6-7(2)4-5-10-8/h4-6H,3H2,1-2H3/q-1. The van der Waals surface area contributed by atoms with Gasteiger partial charge in [-0.25, -0.2) is 0 Å². The van der Waals surface area contributed by atoms with Crippen molar-refractivity contribution >= 4 is 0 Å². The predicted molar refractivity (Wildman–Crippen MR) is 38.2 cm³/mol. The van der Waals surface area contributed by atoms with E-state index in [0.29, 0.717) is 0 Å². The summed E-state index contributed by atoms with van der Waals surface area (Å²) in [4.78, 5) is 4.28. The Morgan fingerprint density at radius 1 is 1.60 bits per heavy atom. The second-order valence-electron chi connectivity index (χ2n) is 2.06. The van der Waals surface area contributed by atoms with Gasteiger partial charge in [0.1, 0.15) is 0 Å². The average Bonchev–Trinajstić information content (AvgIpc) is 1.88. The third-order valence-electron chi connectivity index (χ3n) is 1.15. The quantitative estimate of drug-likeness (QED) is 0.359. The second kappa shape index (κ2) is 3.91. The fourth-order valence-corrected chi connectivity index (χ4v) is 2.56. The first-order chi connectivity index (χ1) is 4.83. The minimum absolute atomic E-state index is 0.202. The Morgan fingerprint density at radius 3 is 3.00 bits per heavy atom. The monoisotopic (exact) mass is 248 g/mol. The number of rotatable bonds is 2. The molecule has 0 radical (unpaired) electrons. The van der Waals surface area contributed by atoms with Crippen LogP contribution in [0.1, 0.15) is 12.5 Å². The molecule has 10 heavy (non-hydrogen) atoms. The Kier molecular flexibility index (Phi) is 3.12. The third-order valence-corrected chi connectivity index (χ3v) is 3.29. The number of alkyl halides is 1. The summed E-state index contributed by atoms with van der Waals surface area (Å²) in [6.07, 6.45) is 1.90. The van der Waals surface area contributed by atoms with Crippen LogP contribution >= 0.6 is 0 Å². The van der Waals surface area contributed by atoms with Gasteiger partial charge in [-0.2, -0.15) is 0 Å². The fourth-order valence-electron chi connectivity index (χ4n) is 0.709. The summed E-state index contributed by atoms with van der Waals surface area (Å²) in [7, 11) is 0. The van der Waals surface area contributed by atoms with E-state index in [0.717, 1.165) is 0 Å². The van der Waals surface area contributed by atoms with Gasteiger partial charge in [0.2, 0.25) is 0 Å². The fraction of sp³-hybridized carbons (Fsp3) is 0.375. The number of nitrogens with zero attached hydrogens (tertiary/aromatic N) is 1. The molecule has 0 fully saturated rings. The Hall–Kier alpha value is -0.120. The van der Waals surface area contributed by atoms with Crippen LogP contribution in [0.3, 0.4) is 0 Å². The Bertz CT molecular complexity index is 210. The van der Waals surface area contributed by atoms with Crippen LogP contribution in [0, 0.1) is 10.6 Å². The zero-order valence-corrected chi connectivity index (χ0v) is 8.42. The van der Waals surface area contributed by atoms with E-state index < -0.39 is 0 Å². The maximum absolute atomic E-state index is 4.28. The van der Waals surface area contributed by atoms with Crippen LogP contribution in [0.15, 0.2) is 18.3 Å². The van der Waals surface area contributed by atoms with Crippen molar-refractivity contribution in [3.8, 4) is 0 Å². The molecule has 1 nitrogen and oxygen atoms in total. The molecule has 1 rings (SSSR count). The maximum atomic E-state index is 4.28. The van der Waals surface area contributed by atoms with Gasteiger partial charge in [-0.1, -0.05) is 0 Å². The van der Waals surface area contributed by atoms with Crippen molar-refractivity contribution in [2.45, 2.75) is 13.8 Å². The zero-order valence-electron chi connectivity index (χ0n) is 6.26. The SMILES string of the molecule is CC[I-]c1cc(C)ccn1. The molecule has 0 bridgehead atoms. The molecule has 0 aliphatic heterocycles. The number of hydrogen-bond donors (Lipinski definition) is 0. The molecule has 0 saturated carbocycles. The van der Waals surface area contributed by atoms with Crippen LogP contribution in [-0.2, 0) is 0 Å². The van der Waals surface area contributed by atoms with E-state index in [1.54, 1.807) is 0 Å². The molecule has 0 spiro atoms. The van der Waals surface area contributed by atoms with Crippen molar-refractivity contribution in [3.05, 3.63) is 27.6 Å². The van der Waals surface area contributed by atoms with Gasteiger partial charge in [-0.3, -0.25) is 0 Å². The van der Waals surface area contributed by atoms with Crippen molar-refractivity contribution in [2.24, 2.45) is 0 Å². The molecule has 0 aromatic carbocycles. The van der Waals surface area contributed by atoms with E-state index >= 15 is 0 Å². The van der Waals surface area contributed by atoms with Crippen LogP contribution in [0.2, 0.25) is 0 Å². The molecule has 56 valence electrons. The molecule has 2 heteroatoms. The summed E-state index contributed by atoms with van der Waals surface area (Å²) in [6.45, 7) is 4.34.